The molecule has 0 spiro atoms. The van der Waals surface area contributed by atoms with Gasteiger partial charge in [0.15, 0.2) is 0 Å². The van der Waals surface area contributed by atoms with E-state index in [0.29, 0.717) is 25.3 Å². The SMILES string of the molecule is N#Cc1ccc(N2C[C@@H](C(N)=O)[C@H](C3CCN(C(=O)C4CCCCC4)CC3)C2)cc1C(F)(F)F. The second-order valence-corrected chi connectivity index (χ2v) is 9.91. The predicted octanol–water partition coefficient (Wildman–Crippen LogP) is 3.93. The molecule has 1 saturated carbocycles. The van der Waals surface area contributed by atoms with Gasteiger partial charge in [-0.2, -0.15) is 18.4 Å². The number of benzene rings is 1. The molecule has 2 heterocycles. The summed E-state index contributed by atoms with van der Waals surface area (Å²) in [5.41, 5.74) is 4.64. The van der Waals surface area contributed by atoms with Crippen molar-refractivity contribution in [2.45, 2.75) is 51.1 Å². The third kappa shape index (κ3) is 5.01. The molecule has 2 N–H and O–H groups in total. The van der Waals surface area contributed by atoms with Gasteiger partial charge >= 0.3 is 6.18 Å². The minimum absolute atomic E-state index is 0.0746. The Kier molecular flexibility index (Phi) is 7.06. The Balaban J connectivity index is 1.45. The summed E-state index contributed by atoms with van der Waals surface area (Å²) < 4.78 is 40.3. The zero-order valence-corrected chi connectivity index (χ0v) is 19.2. The lowest BCUT2D eigenvalue weighted by Crippen LogP contribution is -2.45. The van der Waals surface area contributed by atoms with Gasteiger partial charge in [-0.15, -0.1) is 0 Å². The van der Waals surface area contributed by atoms with Gasteiger partial charge in [-0.25, -0.2) is 0 Å². The summed E-state index contributed by atoms with van der Waals surface area (Å²) >= 11 is 0. The maximum Gasteiger partial charge on any atom is 0.417 e. The number of likely N-dealkylation sites (tertiary alicyclic amines) is 1. The van der Waals surface area contributed by atoms with Crippen molar-refractivity contribution in [3.8, 4) is 6.07 Å². The molecule has 2 aliphatic heterocycles. The van der Waals surface area contributed by atoms with Crippen LogP contribution in [-0.2, 0) is 15.8 Å². The molecule has 3 aliphatic rings. The molecule has 6 nitrogen and oxygen atoms in total. The molecule has 2 saturated heterocycles. The fourth-order valence-corrected chi connectivity index (χ4v) is 6.04. The summed E-state index contributed by atoms with van der Waals surface area (Å²) in [7, 11) is 0. The second-order valence-electron chi connectivity index (χ2n) is 9.91. The molecule has 1 aromatic carbocycles. The lowest BCUT2D eigenvalue weighted by molar-refractivity contribution is -0.139. The first kappa shape index (κ1) is 24.4. The van der Waals surface area contributed by atoms with E-state index in [0.717, 1.165) is 44.6 Å². The van der Waals surface area contributed by atoms with Gasteiger partial charge in [0, 0.05) is 37.8 Å². The van der Waals surface area contributed by atoms with Crippen molar-refractivity contribution in [2.24, 2.45) is 29.4 Å². The maximum atomic E-state index is 13.4. The minimum atomic E-state index is -4.64. The zero-order chi connectivity index (χ0) is 24.5. The van der Waals surface area contributed by atoms with E-state index in [1.165, 1.54) is 18.6 Å². The molecular weight excluding hydrogens is 445 g/mol. The molecule has 2 atom stereocenters. The van der Waals surface area contributed by atoms with Crippen LogP contribution < -0.4 is 10.6 Å². The van der Waals surface area contributed by atoms with Crippen molar-refractivity contribution < 1.29 is 22.8 Å². The third-order valence-electron chi connectivity index (χ3n) is 7.94. The number of amides is 2. The van der Waals surface area contributed by atoms with Crippen molar-refractivity contribution >= 4 is 17.5 Å². The average molecular weight is 477 g/mol. The highest BCUT2D eigenvalue weighted by Gasteiger charge is 2.43. The Morgan fingerprint density at radius 2 is 1.71 bits per heavy atom. The number of hydrogen-bond acceptors (Lipinski definition) is 4. The van der Waals surface area contributed by atoms with E-state index in [2.05, 4.69) is 0 Å². The topological polar surface area (TPSA) is 90.4 Å². The van der Waals surface area contributed by atoms with Gasteiger partial charge < -0.3 is 15.5 Å². The molecule has 4 rings (SSSR count). The number of rotatable bonds is 4. The van der Waals surface area contributed by atoms with E-state index in [9.17, 15) is 22.8 Å². The number of nitriles is 1. The van der Waals surface area contributed by atoms with Crippen LogP contribution in [0.2, 0.25) is 0 Å². The fraction of sp³-hybridized carbons (Fsp3) is 0.640. The number of hydrogen-bond donors (Lipinski definition) is 1. The molecule has 184 valence electrons. The van der Waals surface area contributed by atoms with Gasteiger partial charge in [0.05, 0.1) is 23.1 Å². The van der Waals surface area contributed by atoms with E-state index in [1.54, 1.807) is 11.0 Å². The summed E-state index contributed by atoms with van der Waals surface area (Å²) in [4.78, 5) is 28.9. The number of carbonyl (C=O) groups is 2. The summed E-state index contributed by atoms with van der Waals surface area (Å²) in [5, 5.41) is 9.06. The lowest BCUT2D eigenvalue weighted by Gasteiger charge is -2.38. The highest BCUT2D eigenvalue weighted by molar-refractivity contribution is 5.79. The van der Waals surface area contributed by atoms with Crippen LogP contribution in [0.5, 0.6) is 0 Å². The van der Waals surface area contributed by atoms with Crippen LogP contribution in [0.1, 0.15) is 56.1 Å². The molecule has 2 amide bonds. The van der Waals surface area contributed by atoms with Gasteiger partial charge in [0.1, 0.15) is 0 Å². The Hall–Kier alpha value is -2.76. The molecular formula is C25H31F3N4O2. The number of carbonyl (C=O) groups excluding carboxylic acids is 2. The predicted molar refractivity (Wildman–Crippen MR) is 120 cm³/mol. The Morgan fingerprint density at radius 3 is 2.29 bits per heavy atom. The van der Waals surface area contributed by atoms with Crippen molar-refractivity contribution in [1.29, 1.82) is 5.26 Å². The quantitative estimate of drug-likeness (QED) is 0.713. The standard InChI is InChI=1S/C25H31F3N4O2/c26-25(27,28)22-12-19(7-6-18(22)13-29)32-14-20(21(15-32)23(30)33)16-8-10-31(11-9-16)24(34)17-4-2-1-3-5-17/h6-7,12,16-17,20-21H,1-5,8-11,14-15H2,(H2,30,33)/t20-,21+/m0/s1. The van der Waals surface area contributed by atoms with E-state index < -0.39 is 29.1 Å². The van der Waals surface area contributed by atoms with Crippen molar-refractivity contribution in [3.63, 3.8) is 0 Å². The summed E-state index contributed by atoms with van der Waals surface area (Å²) in [6, 6.07) is 5.27. The molecule has 3 fully saturated rings. The van der Waals surface area contributed by atoms with Crippen LogP contribution in [0.4, 0.5) is 18.9 Å². The van der Waals surface area contributed by atoms with Crippen molar-refractivity contribution in [3.05, 3.63) is 29.3 Å². The number of primary amides is 1. The third-order valence-corrected chi connectivity index (χ3v) is 7.94. The van der Waals surface area contributed by atoms with Gasteiger partial charge in [0.25, 0.3) is 0 Å². The number of alkyl halides is 3. The van der Waals surface area contributed by atoms with Crippen molar-refractivity contribution in [1.82, 2.24) is 4.90 Å². The normalized spacial score (nSPS) is 24.8. The highest BCUT2D eigenvalue weighted by atomic mass is 19.4. The lowest BCUT2D eigenvalue weighted by atomic mass is 9.78. The van der Waals surface area contributed by atoms with Crippen molar-refractivity contribution in [2.75, 3.05) is 31.1 Å². The summed E-state index contributed by atoms with van der Waals surface area (Å²) in [6.45, 7) is 1.98. The first-order chi connectivity index (χ1) is 16.2. The summed E-state index contributed by atoms with van der Waals surface area (Å²) in [6.07, 6.45) is 2.23. The van der Waals surface area contributed by atoms with E-state index in [4.69, 9.17) is 11.0 Å². The second kappa shape index (κ2) is 9.85. The molecule has 9 heteroatoms. The highest BCUT2D eigenvalue weighted by Crippen LogP contribution is 2.40. The van der Waals surface area contributed by atoms with E-state index >= 15 is 0 Å². The van der Waals surface area contributed by atoms with E-state index in [-0.39, 0.29) is 30.2 Å². The number of nitrogens with zero attached hydrogens (tertiary/aromatic N) is 3. The Labute approximate surface area is 197 Å². The van der Waals surface area contributed by atoms with Crippen LogP contribution in [0.25, 0.3) is 0 Å². The van der Waals surface area contributed by atoms with Gasteiger partial charge in [-0.05, 0) is 55.7 Å². The number of anilines is 1. The largest absolute Gasteiger partial charge is 0.417 e. The van der Waals surface area contributed by atoms with Crippen LogP contribution in [0, 0.1) is 35.0 Å². The molecule has 0 unspecified atom stereocenters. The molecule has 0 bridgehead atoms. The minimum Gasteiger partial charge on any atom is -0.370 e. The first-order valence-electron chi connectivity index (χ1n) is 12.1. The molecule has 34 heavy (non-hydrogen) atoms. The molecule has 1 aliphatic carbocycles. The van der Waals surface area contributed by atoms with Crippen LogP contribution in [0.3, 0.4) is 0 Å². The van der Waals surface area contributed by atoms with Crippen LogP contribution in [-0.4, -0.2) is 42.9 Å². The van der Waals surface area contributed by atoms with Crippen LogP contribution >= 0.6 is 0 Å². The maximum absolute atomic E-state index is 13.4. The smallest absolute Gasteiger partial charge is 0.370 e. The Morgan fingerprint density at radius 1 is 1.03 bits per heavy atom. The Bertz CT molecular complexity index is 960. The van der Waals surface area contributed by atoms with E-state index in [1.807, 2.05) is 4.90 Å². The summed E-state index contributed by atoms with van der Waals surface area (Å²) in [5.74, 6) is -0.430. The zero-order valence-electron chi connectivity index (χ0n) is 19.2. The monoisotopic (exact) mass is 476 g/mol. The van der Waals surface area contributed by atoms with Gasteiger partial charge in [-0.3, -0.25) is 9.59 Å². The number of halogens is 3. The number of piperidine rings is 1. The van der Waals surface area contributed by atoms with Crippen LogP contribution in [0.15, 0.2) is 18.2 Å². The molecule has 0 radical (unpaired) electrons. The number of nitrogens with two attached hydrogens (primary N) is 1. The fourth-order valence-electron chi connectivity index (χ4n) is 6.04. The molecule has 1 aromatic rings. The van der Waals surface area contributed by atoms with Gasteiger partial charge in [0.2, 0.25) is 11.8 Å². The average Bonchev–Trinajstić information content (AvgIpc) is 3.29. The molecule has 0 aromatic heterocycles. The first-order valence-corrected chi connectivity index (χ1v) is 12.1. The van der Waals surface area contributed by atoms with Gasteiger partial charge in [-0.1, -0.05) is 19.3 Å².